The molecule has 8 aromatic rings. The second-order valence-corrected chi connectivity index (χ2v) is 18.6. The first-order chi connectivity index (χ1) is 34.9. The van der Waals surface area contributed by atoms with E-state index in [1.165, 1.54) is 54.1 Å². The highest BCUT2D eigenvalue weighted by atomic mass is 19.4. The number of aromatic nitrogens is 8. The first-order valence-corrected chi connectivity index (χ1v) is 23.9. The third kappa shape index (κ3) is 13.0. The molecule has 0 amide bonds. The summed E-state index contributed by atoms with van der Waals surface area (Å²) in [4.78, 5) is 0. The molecule has 0 saturated heterocycles. The molecule has 2 aliphatic carbocycles. The molecule has 382 valence electrons. The molecule has 0 radical (unpaired) electrons. The van der Waals surface area contributed by atoms with Gasteiger partial charge in [0.2, 0.25) is 0 Å². The van der Waals surface area contributed by atoms with Crippen LogP contribution in [0, 0.1) is 23.5 Å². The van der Waals surface area contributed by atoms with Gasteiger partial charge in [0.1, 0.15) is 17.7 Å². The molecule has 10 rings (SSSR count). The maximum Gasteiger partial charge on any atom is 0.435 e. The highest BCUT2D eigenvalue weighted by molar-refractivity contribution is 5.46. The van der Waals surface area contributed by atoms with Gasteiger partial charge in [-0.1, -0.05) is 60.7 Å². The normalized spacial score (nSPS) is 15.2. The van der Waals surface area contributed by atoms with Crippen LogP contribution in [0.5, 0.6) is 0 Å². The molecule has 4 heterocycles. The number of benzene rings is 4. The van der Waals surface area contributed by atoms with Crippen molar-refractivity contribution < 1.29 is 49.7 Å². The predicted molar refractivity (Wildman–Crippen MR) is 253 cm³/mol. The lowest BCUT2D eigenvalue weighted by Crippen LogP contribution is -2.13. The maximum absolute atomic E-state index is 14.3. The molecule has 2 aliphatic rings. The first kappa shape index (κ1) is 51.0. The van der Waals surface area contributed by atoms with Crippen LogP contribution in [0.1, 0.15) is 114 Å². The maximum atomic E-state index is 14.3. The number of aliphatic hydroxyl groups is 1. The molecule has 4 aromatic heterocycles. The molecule has 11 nitrogen and oxygen atoms in total. The molecule has 1 unspecified atom stereocenters. The van der Waals surface area contributed by atoms with E-state index < -0.39 is 53.7 Å². The van der Waals surface area contributed by atoms with Gasteiger partial charge in [0.25, 0.3) is 0 Å². The lowest BCUT2D eigenvalue weighted by molar-refractivity contribution is -0.142. The van der Waals surface area contributed by atoms with Crippen molar-refractivity contribution in [3.8, 4) is 11.4 Å². The third-order valence-corrected chi connectivity index (χ3v) is 12.7. The molecule has 19 heteroatoms. The van der Waals surface area contributed by atoms with Gasteiger partial charge in [0.15, 0.2) is 11.4 Å². The van der Waals surface area contributed by atoms with Gasteiger partial charge in [-0.25, -0.2) is 18.1 Å². The van der Waals surface area contributed by atoms with Crippen molar-refractivity contribution in [3.63, 3.8) is 0 Å². The topological polar surface area (TPSA) is 110 Å². The van der Waals surface area contributed by atoms with E-state index in [9.17, 15) is 40.2 Å². The Morgan fingerprint density at radius 1 is 0.589 bits per heavy atom. The number of hydrogen-bond donors (Lipinski definition) is 1. The van der Waals surface area contributed by atoms with Gasteiger partial charge in [-0.3, -0.25) is 9.36 Å². The van der Waals surface area contributed by atoms with Crippen LogP contribution in [0.25, 0.3) is 11.4 Å². The molecule has 73 heavy (non-hydrogen) atoms. The molecule has 2 fully saturated rings. The number of ether oxygens (including phenoxy) is 2. The average Bonchev–Trinajstić information content (AvgIpc) is 4.10. The number of nitrogens with zero attached hydrogens (tertiary/aromatic N) is 8. The molecule has 0 bridgehead atoms. The van der Waals surface area contributed by atoms with Crippen molar-refractivity contribution in [1.29, 1.82) is 0 Å². The summed E-state index contributed by atoms with van der Waals surface area (Å²) in [5.74, 6) is 0.0845. The summed E-state index contributed by atoms with van der Waals surface area (Å²) in [5, 5.41) is 27.4. The smallest absolute Gasteiger partial charge is 0.382 e. The standard InChI is InChI=1S/C27H26F4N4O2.C27H26F4N4O/c1-17(37-16-19-5-3-2-4-6-19)22-11-21(28)9-10-23(22)35-24(12-25(33-35)27(29,30)31)26(36)20-13-32-34(15-20)14-18-7-8-18;1-18(36-17-20-5-3-2-4-6-20)24-12-22(28)9-10-25(24)35-23(13-26(33-35)27(29,30)31)11-21-14-32-34(16-21)15-19-7-8-19/h2-6,9-13,15,17-18,26,36H,7-8,14,16H2,1H3;2-6,9-10,12-14,16,18-19H,7-8,11,15,17H2,1H3/t17-,26?;18-/m11/s1. The van der Waals surface area contributed by atoms with Crippen LogP contribution in [0.3, 0.4) is 0 Å². The van der Waals surface area contributed by atoms with Crippen molar-refractivity contribution in [2.75, 3.05) is 0 Å². The molecule has 2 saturated carbocycles. The number of rotatable bonds is 18. The molecular formula is C54H52F8N8O3. The minimum Gasteiger partial charge on any atom is -0.382 e. The van der Waals surface area contributed by atoms with Gasteiger partial charge >= 0.3 is 12.4 Å². The van der Waals surface area contributed by atoms with Gasteiger partial charge in [-0.15, -0.1) is 0 Å². The first-order valence-electron chi connectivity index (χ1n) is 23.9. The van der Waals surface area contributed by atoms with Crippen molar-refractivity contribution in [2.24, 2.45) is 11.8 Å². The highest BCUT2D eigenvalue weighted by Crippen LogP contribution is 2.38. The average molecular weight is 1010 g/mol. The van der Waals surface area contributed by atoms with E-state index in [0.717, 1.165) is 59.0 Å². The Kier molecular flexibility index (Phi) is 15.1. The summed E-state index contributed by atoms with van der Waals surface area (Å²) in [6, 6.07) is 28.3. The Balaban J connectivity index is 0.000000180. The van der Waals surface area contributed by atoms with Crippen LogP contribution in [0.15, 0.2) is 134 Å². The monoisotopic (exact) mass is 1010 g/mol. The Bertz CT molecular complexity index is 3100. The van der Waals surface area contributed by atoms with Gasteiger partial charge < -0.3 is 14.6 Å². The van der Waals surface area contributed by atoms with Crippen LogP contribution in [0.4, 0.5) is 35.1 Å². The van der Waals surface area contributed by atoms with E-state index in [0.29, 0.717) is 46.5 Å². The van der Waals surface area contributed by atoms with Gasteiger partial charge in [-0.05, 0) is 117 Å². The van der Waals surface area contributed by atoms with Crippen LogP contribution < -0.4 is 0 Å². The van der Waals surface area contributed by atoms with Crippen LogP contribution in [-0.4, -0.2) is 44.2 Å². The van der Waals surface area contributed by atoms with E-state index in [-0.39, 0.29) is 31.0 Å². The molecule has 4 aromatic carbocycles. The van der Waals surface area contributed by atoms with Crippen molar-refractivity contribution in [3.05, 3.63) is 202 Å². The molecule has 0 spiro atoms. The Hall–Kier alpha value is -6.96. The summed E-state index contributed by atoms with van der Waals surface area (Å²) in [5.41, 5.74) is 2.22. The van der Waals surface area contributed by atoms with Crippen molar-refractivity contribution in [1.82, 2.24) is 39.1 Å². The van der Waals surface area contributed by atoms with Crippen molar-refractivity contribution >= 4 is 0 Å². The second kappa shape index (κ2) is 21.6. The fourth-order valence-corrected chi connectivity index (χ4v) is 8.40. The fraction of sp³-hybridized carbons (Fsp3) is 0.333. The minimum absolute atomic E-state index is 0.110. The van der Waals surface area contributed by atoms with E-state index >= 15 is 0 Å². The SMILES string of the molecule is C[C@@H](OCc1ccccc1)c1cc(F)ccc1-n1nc(C(F)(F)F)cc1C(O)c1cnn(CC2CC2)c1.C[C@@H](OCc1ccccc1)c1cc(F)ccc1-n1nc(C(F)(F)F)cc1Cc1cnn(CC2CC2)c1. The Morgan fingerprint density at radius 3 is 1.59 bits per heavy atom. The fourth-order valence-electron chi connectivity index (χ4n) is 8.40. The summed E-state index contributed by atoms with van der Waals surface area (Å²) in [7, 11) is 0. The van der Waals surface area contributed by atoms with Crippen LogP contribution >= 0.6 is 0 Å². The van der Waals surface area contributed by atoms with Crippen molar-refractivity contribution in [2.45, 2.75) is 103 Å². The molecule has 0 aliphatic heterocycles. The third-order valence-electron chi connectivity index (χ3n) is 12.7. The van der Waals surface area contributed by atoms with Crippen LogP contribution in [-0.2, 0) is 54.6 Å². The summed E-state index contributed by atoms with van der Waals surface area (Å²) in [6.45, 7) is 5.44. The highest BCUT2D eigenvalue weighted by Gasteiger charge is 2.38. The van der Waals surface area contributed by atoms with E-state index in [2.05, 4.69) is 20.4 Å². The lowest BCUT2D eigenvalue weighted by atomic mass is 10.1. The zero-order valence-corrected chi connectivity index (χ0v) is 39.8. The minimum atomic E-state index is -4.74. The summed E-state index contributed by atoms with van der Waals surface area (Å²) < 4.78 is 128. The zero-order valence-electron chi connectivity index (χ0n) is 39.8. The van der Waals surface area contributed by atoms with E-state index in [1.807, 2.05) is 71.5 Å². The number of alkyl halides is 6. The summed E-state index contributed by atoms with van der Waals surface area (Å²) in [6.07, 6.45) is -0.711. The number of hydrogen-bond acceptors (Lipinski definition) is 7. The quantitative estimate of drug-likeness (QED) is 0.0853. The van der Waals surface area contributed by atoms with E-state index in [1.54, 1.807) is 30.9 Å². The Morgan fingerprint density at radius 2 is 1.07 bits per heavy atom. The number of aliphatic hydroxyl groups excluding tert-OH is 1. The lowest BCUT2D eigenvalue weighted by Gasteiger charge is -2.20. The summed E-state index contributed by atoms with van der Waals surface area (Å²) >= 11 is 0. The van der Waals surface area contributed by atoms with Gasteiger partial charge in [-0.2, -0.15) is 46.7 Å². The van der Waals surface area contributed by atoms with E-state index in [4.69, 9.17) is 9.47 Å². The Labute approximate surface area is 415 Å². The predicted octanol–water partition coefficient (Wildman–Crippen LogP) is 12.5. The largest absolute Gasteiger partial charge is 0.435 e. The molecular weight excluding hydrogens is 961 g/mol. The van der Waals surface area contributed by atoms with Gasteiger partial charge in [0, 0.05) is 54.3 Å². The second-order valence-electron chi connectivity index (χ2n) is 18.6. The molecule has 3 atom stereocenters. The molecule has 1 N–H and O–H groups in total. The number of halogens is 8. The van der Waals surface area contributed by atoms with Gasteiger partial charge in [0.05, 0.1) is 54.9 Å². The van der Waals surface area contributed by atoms with Crippen LogP contribution in [0.2, 0.25) is 0 Å². The zero-order chi connectivity index (χ0) is 51.4.